The van der Waals surface area contributed by atoms with Crippen LogP contribution in [0.15, 0.2) is 0 Å². The highest BCUT2D eigenvalue weighted by Crippen LogP contribution is 1.87. The Morgan fingerprint density at radius 2 is 2.30 bits per heavy atom. The normalized spacial score (nSPS) is 13.5. The summed E-state index contributed by atoms with van der Waals surface area (Å²) >= 11 is 0. The van der Waals surface area contributed by atoms with Crippen molar-refractivity contribution in [2.45, 2.75) is 25.9 Å². The van der Waals surface area contributed by atoms with Gasteiger partial charge in [0, 0.05) is 0 Å². The van der Waals surface area contributed by atoms with Crippen molar-refractivity contribution in [2.24, 2.45) is 11.5 Å². The van der Waals surface area contributed by atoms with E-state index in [-0.39, 0.29) is 6.17 Å². The Hall–Kier alpha value is -0.160. The number of hydroxylamine groups is 1. The van der Waals surface area contributed by atoms with Gasteiger partial charge in [0.05, 0.1) is 12.8 Å². The van der Waals surface area contributed by atoms with Crippen molar-refractivity contribution in [1.29, 1.82) is 0 Å². The summed E-state index contributed by atoms with van der Waals surface area (Å²) in [5.41, 5.74) is 13.5. The Morgan fingerprint density at radius 3 is 2.80 bits per heavy atom. The number of nitrogens with two attached hydrogens (primary N) is 2. The Balaban J connectivity index is 3.00. The molecule has 1 atom stereocenters. The molecule has 4 nitrogen and oxygen atoms in total. The van der Waals surface area contributed by atoms with E-state index in [9.17, 15) is 0 Å². The summed E-state index contributed by atoms with van der Waals surface area (Å²) in [6.45, 7) is 3.22. The minimum Gasteiger partial charge on any atom is -0.330 e. The summed E-state index contributed by atoms with van der Waals surface area (Å²) in [4.78, 5) is 4.88. The minimum absolute atomic E-state index is 0.0801. The van der Waals surface area contributed by atoms with Gasteiger partial charge in [-0.25, -0.2) is 0 Å². The van der Waals surface area contributed by atoms with Crippen molar-refractivity contribution < 1.29 is 4.84 Å². The van der Waals surface area contributed by atoms with Crippen LogP contribution in [0.25, 0.3) is 0 Å². The van der Waals surface area contributed by atoms with Crippen molar-refractivity contribution in [1.82, 2.24) is 5.48 Å². The van der Waals surface area contributed by atoms with Gasteiger partial charge >= 0.3 is 0 Å². The van der Waals surface area contributed by atoms with Gasteiger partial charge in [0.15, 0.2) is 0 Å². The third-order valence-electron chi connectivity index (χ3n) is 1.10. The first-order chi connectivity index (χ1) is 4.81. The summed E-state index contributed by atoms with van der Waals surface area (Å²) in [6, 6.07) is 0. The van der Waals surface area contributed by atoms with Crippen LogP contribution in [-0.4, -0.2) is 19.3 Å². The van der Waals surface area contributed by atoms with Crippen molar-refractivity contribution in [2.75, 3.05) is 13.2 Å². The molecule has 4 heteroatoms. The molecule has 0 amide bonds. The highest BCUT2D eigenvalue weighted by molar-refractivity contribution is 4.52. The van der Waals surface area contributed by atoms with Crippen molar-refractivity contribution in [3.63, 3.8) is 0 Å². The zero-order chi connectivity index (χ0) is 7.82. The SMILES string of the molecule is CCONC(N)CCCN. The zero-order valence-corrected chi connectivity index (χ0v) is 6.47. The van der Waals surface area contributed by atoms with Crippen molar-refractivity contribution in [3.8, 4) is 0 Å². The van der Waals surface area contributed by atoms with Crippen LogP contribution >= 0.6 is 0 Å². The van der Waals surface area contributed by atoms with Crippen LogP contribution in [0.5, 0.6) is 0 Å². The molecule has 0 aromatic carbocycles. The second-order valence-corrected chi connectivity index (χ2v) is 2.09. The molecule has 5 N–H and O–H groups in total. The molecule has 0 aliphatic rings. The second-order valence-electron chi connectivity index (χ2n) is 2.09. The number of hydrogen-bond acceptors (Lipinski definition) is 4. The monoisotopic (exact) mass is 147 g/mol. The van der Waals surface area contributed by atoms with Gasteiger partial charge in [0.2, 0.25) is 0 Å². The third kappa shape index (κ3) is 5.97. The average Bonchev–Trinajstić information content (AvgIpc) is 1.97. The van der Waals surface area contributed by atoms with Gasteiger partial charge in [-0.05, 0) is 26.3 Å². The first-order valence-corrected chi connectivity index (χ1v) is 3.64. The summed E-state index contributed by atoms with van der Waals surface area (Å²) < 4.78 is 0. The molecule has 0 spiro atoms. The summed E-state index contributed by atoms with van der Waals surface area (Å²) in [7, 11) is 0. The lowest BCUT2D eigenvalue weighted by atomic mass is 10.3. The fourth-order valence-electron chi connectivity index (χ4n) is 0.587. The van der Waals surface area contributed by atoms with E-state index in [4.69, 9.17) is 16.3 Å². The maximum atomic E-state index is 5.55. The summed E-state index contributed by atoms with van der Waals surface area (Å²) in [5, 5.41) is 0. The lowest BCUT2D eigenvalue weighted by molar-refractivity contribution is 0.0236. The molecule has 0 aliphatic carbocycles. The molecule has 62 valence electrons. The van der Waals surface area contributed by atoms with E-state index < -0.39 is 0 Å². The zero-order valence-electron chi connectivity index (χ0n) is 6.47. The average molecular weight is 147 g/mol. The molecular formula is C6H17N3O. The van der Waals surface area contributed by atoms with Gasteiger partial charge in [-0.15, -0.1) is 0 Å². The fraction of sp³-hybridized carbons (Fsp3) is 1.00. The highest BCUT2D eigenvalue weighted by Gasteiger charge is 1.98. The van der Waals surface area contributed by atoms with E-state index >= 15 is 0 Å². The van der Waals surface area contributed by atoms with Gasteiger partial charge in [0.1, 0.15) is 0 Å². The molecular weight excluding hydrogens is 130 g/mol. The largest absolute Gasteiger partial charge is 0.330 e. The molecule has 0 rings (SSSR count). The minimum atomic E-state index is -0.0801. The van der Waals surface area contributed by atoms with Crippen molar-refractivity contribution in [3.05, 3.63) is 0 Å². The summed E-state index contributed by atoms with van der Waals surface area (Å²) in [5.74, 6) is 0. The predicted molar refractivity (Wildman–Crippen MR) is 41.0 cm³/mol. The number of nitrogens with one attached hydrogen (secondary N) is 1. The molecule has 0 heterocycles. The predicted octanol–water partition coefficient (Wildman–Crippen LogP) is -0.449. The van der Waals surface area contributed by atoms with Gasteiger partial charge < -0.3 is 16.3 Å². The van der Waals surface area contributed by atoms with Crippen LogP contribution in [0.1, 0.15) is 19.8 Å². The Kier molecular flexibility index (Phi) is 6.84. The second kappa shape index (κ2) is 6.95. The lowest BCUT2D eigenvalue weighted by Gasteiger charge is -2.11. The van der Waals surface area contributed by atoms with Gasteiger partial charge in [-0.1, -0.05) is 0 Å². The van der Waals surface area contributed by atoms with Gasteiger partial charge in [0.25, 0.3) is 0 Å². The van der Waals surface area contributed by atoms with E-state index in [1.165, 1.54) is 0 Å². The number of rotatable bonds is 6. The van der Waals surface area contributed by atoms with Crippen LogP contribution in [0, 0.1) is 0 Å². The maximum Gasteiger partial charge on any atom is 0.0787 e. The maximum absolute atomic E-state index is 5.55. The highest BCUT2D eigenvalue weighted by atomic mass is 16.6. The van der Waals surface area contributed by atoms with E-state index in [1.54, 1.807) is 0 Å². The molecule has 1 unspecified atom stereocenters. The third-order valence-corrected chi connectivity index (χ3v) is 1.10. The molecule has 0 fully saturated rings. The van der Waals surface area contributed by atoms with E-state index in [0.717, 1.165) is 12.8 Å². The molecule has 0 saturated heterocycles. The van der Waals surface area contributed by atoms with Crippen LogP contribution in [0.2, 0.25) is 0 Å². The van der Waals surface area contributed by atoms with Crippen LogP contribution in [0.4, 0.5) is 0 Å². The van der Waals surface area contributed by atoms with Crippen molar-refractivity contribution >= 4 is 0 Å². The first-order valence-electron chi connectivity index (χ1n) is 3.64. The van der Waals surface area contributed by atoms with E-state index in [0.29, 0.717) is 13.2 Å². The standard InChI is InChI=1S/C6H17N3O/c1-2-10-9-6(8)4-3-5-7/h6,9H,2-5,7-8H2,1H3. The van der Waals surface area contributed by atoms with Crippen LogP contribution < -0.4 is 16.9 Å². The molecule has 0 saturated carbocycles. The molecule has 0 aromatic heterocycles. The first kappa shape index (κ1) is 9.84. The molecule has 0 aromatic rings. The van der Waals surface area contributed by atoms with Gasteiger partial charge in [-0.3, -0.25) is 0 Å². The van der Waals surface area contributed by atoms with Gasteiger partial charge in [-0.2, -0.15) is 5.48 Å². The molecule has 0 radical (unpaired) electrons. The lowest BCUT2D eigenvalue weighted by Crippen LogP contribution is -2.37. The molecule has 0 bridgehead atoms. The number of hydrogen-bond donors (Lipinski definition) is 3. The van der Waals surface area contributed by atoms with Crippen LogP contribution in [-0.2, 0) is 4.84 Å². The van der Waals surface area contributed by atoms with E-state index in [2.05, 4.69) is 5.48 Å². The molecule has 0 aliphatic heterocycles. The fourth-order valence-corrected chi connectivity index (χ4v) is 0.587. The Morgan fingerprint density at radius 1 is 1.60 bits per heavy atom. The van der Waals surface area contributed by atoms with Crippen LogP contribution in [0.3, 0.4) is 0 Å². The van der Waals surface area contributed by atoms with E-state index in [1.807, 2.05) is 6.92 Å². The quantitative estimate of drug-likeness (QED) is 0.351. The Labute approximate surface area is 61.9 Å². The smallest absolute Gasteiger partial charge is 0.0787 e. The summed E-state index contributed by atoms with van der Waals surface area (Å²) in [6.07, 6.45) is 1.71. The topological polar surface area (TPSA) is 73.3 Å². The molecule has 10 heavy (non-hydrogen) atoms. The Bertz CT molecular complexity index is 62.0.